The zero-order valence-corrected chi connectivity index (χ0v) is 15.2. The third kappa shape index (κ3) is 1.67. The summed E-state index contributed by atoms with van der Waals surface area (Å²) >= 11 is 0. The third-order valence-electron chi connectivity index (χ3n) is 7.48. The summed E-state index contributed by atoms with van der Waals surface area (Å²) in [5.74, 6) is -0.0462. The number of rotatable bonds is 1. The number of carbonyl (C=O) groups is 2. The first-order valence-corrected chi connectivity index (χ1v) is 9.38. The number of fused-ring (bicyclic) bond motifs is 2. The molecule has 2 saturated carbocycles. The second-order valence-electron chi connectivity index (χ2n) is 9.34. The summed E-state index contributed by atoms with van der Waals surface area (Å²) in [6.45, 7) is 8.58. The molecule has 0 aromatic rings. The molecule has 0 aromatic heterocycles. The van der Waals surface area contributed by atoms with E-state index in [-0.39, 0.29) is 28.8 Å². The van der Waals surface area contributed by atoms with Crippen molar-refractivity contribution in [3.05, 3.63) is 23.3 Å². The Morgan fingerprint density at radius 1 is 1.17 bits per heavy atom. The lowest BCUT2D eigenvalue weighted by Crippen LogP contribution is -2.55. The van der Waals surface area contributed by atoms with Crippen LogP contribution in [0.1, 0.15) is 59.8 Å². The summed E-state index contributed by atoms with van der Waals surface area (Å²) in [4.78, 5) is 25.8. The second-order valence-corrected chi connectivity index (χ2v) is 9.34. The van der Waals surface area contributed by atoms with Gasteiger partial charge in [0.2, 0.25) is 0 Å². The van der Waals surface area contributed by atoms with Gasteiger partial charge in [-0.2, -0.15) is 0 Å². The van der Waals surface area contributed by atoms with Gasteiger partial charge in [0.1, 0.15) is 0 Å². The molecule has 0 saturated heterocycles. The summed E-state index contributed by atoms with van der Waals surface area (Å²) in [5.41, 5.74) is -0.246. The minimum Gasteiger partial charge on any atom is -0.374 e. The molecule has 4 aliphatic rings. The van der Waals surface area contributed by atoms with E-state index in [0.717, 1.165) is 19.3 Å². The average molecular weight is 328 g/mol. The van der Waals surface area contributed by atoms with E-state index < -0.39 is 11.0 Å². The fourth-order valence-electron chi connectivity index (χ4n) is 6.10. The Balaban J connectivity index is 1.87. The summed E-state index contributed by atoms with van der Waals surface area (Å²) in [7, 11) is 0. The zero-order valence-electron chi connectivity index (χ0n) is 15.2. The van der Waals surface area contributed by atoms with Crippen molar-refractivity contribution in [2.75, 3.05) is 0 Å². The largest absolute Gasteiger partial charge is 0.374 e. The van der Waals surface area contributed by atoms with Crippen molar-refractivity contribution in [3.8, 4) is 0 Å². The lowest BCUT2D eigenvalue weighted by atomic mass is 9.53. The van der Waals surface area contributed by atoms with Crippen LogP contribution in [0.2, 0.25) is 0 Å². The number of carbonyl (C=O) groups excluding carboxylic acids is 2. The van der Waals surface area contributed by atoms with Crippen LogP contribution in [-0.2, 0) is 9.59 Å². The van der Waals surface area contributed by atoms with Crippen LogP contribution in [0.15, 0.2) is 23.3 Å². The van der Waals surface area contributed by atoms with Crippen LogP contribution in [0.25, 0.3) is 0 Å². The molecule has 4 atom stereocenters. The van der Waals surface area contributed by atoms with Crippen LogP contribution in [0, 0.1) is 28.6 Å². The number of hydrogen-bond donors (Lipinski definition) is 1. The molecule has 0 unspecified atom stereocenters. The van der Waals surface area contributed by atoms with Crippen molar-refractivity contribution >= 4 is 11.6 Å². The molecule has 0 heterocycles. The maximum atomic E-state index is 12.9. The number of Topliss-reactive ketones (excluding diaryl/α,β-unsaturated/α-hetero) is 2. The van der Waals surface area contributed by atoms with Crippen LogP contribution in [-0.4, -0.2) is 22.3 Å². The standard InChI is InChI=1S/C21H28O3/c1-12(2)14-11-20-9-7-15-13(6-5-8-19(15,3)4)16(20)10-17(22)21(20,24)18(14)23/h6,11-12,15-16,24H,5,7-10H2,1-4H3/t15-,16-,20-,21+/m1/s1. The second kappa shape index (κ2) is 4.69. The first kappa shape index (κ1) is 16.3. The van der Waals surface area contributed by atoms with Gasteiger partial charge in [0, 0.05) is 11.8 Å². The fourth-order valence-corrected chi connectivity index (χ4v) is 6.10. The minimum absolute atomic E-state index is 0.00789. The average Bonchev–Trinajstić information content (AvgIpc) is 2.86. The maximum absolute atomic E-state index is 12.9. The van der Waals surface area contributed by atoms with Gasteiger partial charge in [-0.15, -0.1) is 0 Å². The topological polar surface area (TPSA) is 54.4 Å². The highest BCUT2D eigenvalue weighted by molar-refractivity contribution is 6.22. The highest BCUT2D eigenvalue weighted by Gasteiger charge is 2.73. The first-order valence-electron chi connectivity index (χ1n) is 9.38. The monoisotopic (exact) mass is 328 g/mol. The summed E-state index contributed by atoms with van der Waals surface area (Å²) in [5, 5.41) is 11.3. The summed E-state index contributed by atoms with van der Waals surface area (Å²) < 4.78 is 0. The molecule has 3 nitrogen and oxygen atoms in total. The molecular weight excluding hydrogens is 300 g/mol. The number of hydrogen-bond acceptors (Lipinski definition) is 3. The molecule has 4 rings (SSSR count). The Morgan fingerprint density at radius 3 is 2.54 bits per heavy atom. The predicted octanol–water partition coefficient (Wildman–Crippen LogP) is 3.61. The van der Waals surface area contributed by atoms with Crippen LogP contribution >= 0.6 is 0 Å². The van der Waals surface area contributed by atoms with E-state index in [0.29, 0.717) is 17.9 Å². The molecule has 24 heavy (non-hydrogen) atoms. The van der Waals surface area contributed by atoms with Gasteiger partial charge in [0.15, 0.2) is 17.2 Å². The lowest BCUT2D eigenvalue weighted by molar-refractivity contribution is -0.153. The molecule has 0 aliphatic heterocycles. The molecule has 0 amide bonds. The fraction of sp³-hybridized carbons (Fsp3) is 0.714. The van der Waals surface area contributed by atoms with Crippen molar-refractivity contribution in [1.29, 1.82) is 0 Å². The van der Waals surface area contributed by atoms with Gasteiger partial charge >= 0.3 is 0 Å². The Hall–Kier alpha value is -1.22. The molecule has 0 radical (unpaired) electrons. The van der Waals surface area contributed by atoms with Crippen molar-refractivity contribution < 1.29 is 14.7 Å². The first-order chi connectivity index (χ1) is 11.1. The Bertz CT molecular complexity index is 696. The zero-order chi connectivity index (χ0) is 17.5. The lowest BCUT2D eigenvalue weighted by Gasteiger charge is -2.51. The SMILES string of the molecule is CC(C)C1=C[C@]23CC[C@@H]4C(=CCCC4(C)C)[C@H]2CC(=O)[C@]3(O)C1=O. The van der Waals surface area contributed by atoms with Gasteiger partial charge in [0.25, 0.3) is 0 Å². The van der Waals surface area contributed by atoms with Gasteiger partial charge in [-0.1, -0.05) is 45.4 Å². The maximum Gasteiger partial charge on any atom is 0.198 e. The highest BCUT2D eigenvalue weighted by atomic mass is 16.3. The van der Waals surface area contributed by atoms with Crippen LogP contribution < -0.4 is 0 Å². The molecule has 4 aliphatic carbocycles. The van der Waals surface area contributed by atoms with E-state index >= 15 is 0 Å². The van der Waals surface area contributed by atoms with Gasteiger partial charge in [0.05, 0.1) is 0 Å². The minimum atomic E-state index is -1.80. The van der Waals surface area contributed by atoms with Crippen LogP contribution in [0.5, 0.6) is 0 Å². The Labute approximate surface area is 144 Å². The normalized spacial score (nSPS) is 43.2. The van der Waals surface area contributed by atoms with Crippen molar-refractivity contribution in [3.63, 3.8) is 0 Å². The van der Waals surface area contributed by atoms with Crippen molar-refractivity contribution in [2.24, 2.45) is 28.6 Å². The van der Waals surface area contributed by atoms with E-state index in [1.165, 1.54) is 12.0 Å². The van der Waals surface area contributed by atoms with Crippen molar-refractivity contribution in [1.82, 2.24) is 0 Å². The van der Waals surface area contributed by atoms with Crippen molar-refractivity contribution in [2.45, 2.75) is 65.4 Å². The number of ketones is 2. The molecular formula is C21H28O3. The van der Waals surface area contributed by atoms with Gasteiger partial charge in [-0.25, -0.2) is 0 Å². The van der Waals surface area contributed by atoms with E-state index in [1.807, 2.05) is 19.9 Å². The summed E-state index contributed by atoms with van der Waals surface area (Å²) in [6.07, 6.45) is 8.55. The predicted molar refractivity (Wildman–Crippen MR) is 92.2 cm³/mol. The Kier molecular flexibility index (Phi) is 3.18. The van der Waals surface area contributed by atoms with E-state index in [4.69, 9.17) is 0 Å². The van der Waals surface area contributed by atoms with Crippen LogP contribution in [0.4, 0.5) is 0 Å². The number of allylic oxidation sites excluding steroid dienone is 2. The molecule has 2 fully saturated rings. The number of aliphatic hydroxyl groups is 1. The molecule has 0 bridgehead atoms. The van der Waals surface area contributed by atoms with E-state index in [2.05, 4.69) is 19.9 Å². The van der Waals surface area contributed by atoms with Crippen LogP contribution in [0.3, 0.4) is 0 Å². The molecule has 3 heteroatoms. The molecule has 130 valence electrons. The van der Waals surface area contributed by atoms with E-state index in [9.17, 15) is 14.7 Å². The highest BCUT2D eigenvalue weighted by Crippen LogP contribution is 2.66. The summed E-state index contributed by atoms with van der Waals surface area (Å²) in [6, 6.07) is 0. The Morgan fingerprint density at radius 2 is 1.88 bits per heavy atom. The molecule has 1 N–H and O–H groups in total. The van der Waals surface area contributed by atoms with Gasteiger partial charge < -0.3 is 5.11 Å². The quantitative estimate of drug-likeness (QED) is 0.591. The van der Waals surface area contributed by atoms with Gasteiger partial charge in [-0.3, -0.25) is 9.59 Å². The third-order valence-corrected chi connectivity index (χ3v) is 7.48. The van der Waals surface area contributed by atoms with E-state index in [1.54, 1.807) is 0 Å². The molecule has 0 aromatic carbocycles. The smallest absolute Gasteiger partial charge is 0.198 e. The molecule has 1 spiro atoms. The van der Waals surface area contributed by atoms with Gasteiger partial charge in [-0.05, 0) is 54.4 Å².